The number of fused-ring (bicyclic) bond motifs is 1. The summed E-state index contributed by atoms with van der Waals surface area (Å²) >= 11 is 1.80. The van der Waals surface area contributed by atoms with Gasteiger partial charge < -0.3 is 9.47 Å². The first kappa shape index (κ1) is 13.9. The number of aryl methyl sites for hydroxylation is 1. The SMILES string of the molecule is Cc1ccc(-c2nc3cccnc3n2CC2CCCN2C)s1. The van der Waals surface area contributed by atoms with E-state index in [1.165, 1.54) is 29.1 Å². The highest BCUT2D eigenvalue weighted by atomic mass is 32.1. The number of likely N-dealkylation sites (N-methyl/N-ethyl adjacent to an activating group) is 1. The van der Waals surface area contributed by atoms with Gasteiger partial charge in [-0.1, -0.05) is 0 Å². The number of thiophene rings is 1. The predicted octanol–water partition coefficient (Wildman–Crippen LogP) is 3.56. The molecule has 0 bridgehead atoms. The van der Waals surface area contributed by atoms with E-state index in [0.717, 1.165) is 23.5 Å². The summed E-state index contributed by atoms with van der Waals surface area (Å²) in [5.74, 6) is 1.06. The number of likely N-dealkylation sites (tertiary alicyclic amines) is 1. The zero-order valence-electron chi connectivity index (χ0n) is 13.0. The number of nitrogens with zero attached hydrogens (tertiary/aromatic N) is 4. The molecular formula is C17H20N4S. The van der Waals surface area contributed by atoms with Crippen LogP contribution in [0.4, 0.5) is 0 Å². The minimum atomic E-state index is 0.583. The Kier molecular flexibility index (Phi) is 3.47. The van der Waals surface area contributed by atoms with Crippen LogP contribution in [0, 0.1) is 6.92 Å². The first-order chi connectivity index (χ1) is 10.7. The Morgan fingerprint density at radius 1 is 1.32 bits per heavy atom. The Balaban J connectivity index is 1.83. The zero-order chi connectivity index (χ0) is 15.1. The molecule has 3 aromatic heterocycles. The van der Waals surface area contributed by atoms with Gasteiger partial charge in [-0.15, -0.1) is 11.3 Å². The quantitative estimate of drug-likeness (QED) is 0.741. The summed E-state index contributed by atoms with van der Waals surface area (Å²) < 4.78 is 2.31. The van der Waals surface area contributed by atoms with Gasteiger partial charge >= 0.3 is 0 Å². The third kappa shape index (κ3) is 2.34. The van der Waals surface area contributed by atoms with E-state index in [0.29, 0.717) is 6.04 Å². The Hall–Kier alpha value is -1.72. The first-order valence-electron chi connectivity index (χ1n) is 7.80. The number of imidazole rings is 1. The van der Waals surface area contributed by atoms with Crippen molar-refractivity contribution >= 4 is 22.5 Å². The van der Waals surface area contributed by atoms with E-state index in [9.17, 15) is 0 Å². The fourth-order valence-corrected chi connectivity index (χ4v) is 4.16. The lowest BCUT2D eigenvalue weighted by atomic mass is 10.2. The molecule has 1 fully saturated rings. The fraction of sp³-hybridized carbons (Fsp3) is 0.412. The van der Waals surface area contributed by atoms with Gasteiger partial charge in [0.2, 0.25) is 0 Å². The average molecular weight is 312 g/mol. The number of hydrogen-bond acceptors (Lipinski definition) is 4. The third-order valence-electron chi connectivity index (χ3n) is 4.53. The molecule has 1 atom stereocenters. The van der Waals surface area contributed by atoms with E-state index in [2.05, 4.69) is 46.6 Å². The highest BCUT2D eigenvalue weighted by Crippen LogP contribution is 2.31. The van der Waals surface area contributed by atoms with Crippen molar-refractivity contribution in [1.29, 1.82) is 0 Å². The van der Waals surface area contributed by atoms with Crippen LogP contribution in [0.5, 0.6) is 0 Å². The second-order valence-corrected chi connectivity index (χ2v) is 7.37. The van der Waals surface area contributed by atoms with Gasteiger partial charge in [0.1, 0.15) is 5.52 Å². The molecule has 4 nitrogen and oxygen atoms in total. The molecule has 22 heavy (non-hydrogen) atoms. The van der Waals surface area contributed by atoms with Crippen LogP contribution < -0.4 is 0 Å². The molecule has 0 N–H and O–H groups in total. The van der Waals surface area contributed by atoms with Gasteiger partial charge in [-0.25, -0.2) is 9.97 Å². The van der Waals surface area contributed by atoms with Crippen LogP contribution >= 0.6 is 11.3 Å². The molecule has 114 valence electrons. The average Bonchev–Trinajstić information content (AvgIpc) is 3.20. The van der Waals surface area contributed by atoms with Gasteiger partial charge in [-0.2, -0.15) is 0 Å². The monoisotopic (exact) mass is 312 g/mol. The van der Waals surface area contributed by atoms with Crippen LogP contribution in [-0.2, 0) is 6.54 Å². The molecule has 0 spiro atoms. The van der Waals surface area contributed by atoms with Crippen molar-refractivity contribution in [2.75, 3.05) is 13.6 Å². The summed E-state index contributed by atoms with van der Waals surface area (Å²) in [5, 5.41) is 0. The Morgan fingerprint density at radius 3 is 2.95 bits per heavy atom. The van der Waals surface area contributed by atoms with Crippen LogP contribution in [-0.4, -0.2) is 39.1 Å². The summed E-state index contributed by atoms with van der Waals surface area (Å²) in [4.78, 5) is 14.5. The molecule has 5 heteroatoms. The predicted molar refractivity (Wildman–Crippen MR) is 91.2 cm³/mol. The second kappa shape index (κ2) is 5.48. The summed E-state index contributed by atoms with van der Waals surface area (Å²) in [6, 6.07) is 8.94. The van der Waals surface area contributed by atoms with Crippen LogP contribution in [0.15, 0.2) is 30.5 Å². The highest BCUT2D eigenvalue weighted by molar-refractivity contribution is 7.15. The maximum Gasteiger partial charge on any atom is 0.160 e. The van der Waals surface area contributed by atoms with Crippen LogP contribution in [0.25, 0.3) is 21.9 Å². The minimum absolute atomic E-state index is 0.583. The third-order valence-corrected chi connectivity index (χ3v) is 5.53. The van der Waals surface area contributed by atoms with Gasteiger partial charge in [0.15, 0.2) is 11.5 Å². The van der Waals surface area contributed by atoms with Crippen molar-refractivity contribution in [2.24, 2.45) is 0 Å². The fourth-order valence-electron chi connectivity index (χ4n) is 3.29. The molecule has 0 radical (unpaired) electrons. The van der Waals surface area contributed by atoms with E-state index in [4.69, 9.17) is 4.98 Å². The molecule has 0 amide bonds. The van der Waals surface area contributed by atoms with E-state index < -0.39 is 0 Å². The van der Waals surface area contributed by atoms with Crippen LogP contribution in [0.3, 0.4) is 0 Å². The van der Waals surface area contributed by atoms with Crippen LogP contribution in [0.1, 0.15) is 17.7 Å². The summed E-state index contributed by atoms with van der Waals surface area (Å²) in [5.41, 5.74) is 1.99. The van der Waals surface area contributed by atoms with Crippen LogP contribution in [0.2, 0.25) is 0 Å². The smallest absolute Gasteiger partial charge is 0.160 e. The van der Waals surface area contributed by atoms with Gasteiger partial charge in [-0.05, 0) is 57.6 Å². The number of aromatic nitrogens is 3. The maximum atomic E-state index is 4.86. The molecule has 4 heterocycles. The van der Waals surface area contributed by atoms with Crippen molar-refractivity contribution in [3.63, 3.8) is 0 Å². The minimum Gasteiger partial charge on any atom is -0.306 e. The molecule has 1 saturated heterocycles. The summed E-state index contributed by atoms with van der Waals surface area (Å²) in [6.45, 7) is 4.30. The second-order valence-electron chi connectivity index (χ2n) is 6.08. The Morgan fingerprint density at radius 2 is 2.23 bits per heavy atom. The Labute approximate surface area is 134 Å². The Bertz CT molecular complexity index is 804. The van der Waals surface area contributed by atoms with E-state index in [1.807, 2.05) is 12.3 Å². The van der Waals surface area contributed by atoms with Gasteiger partial charge in [0.25, 0.3) is 0 Å². The molecule has 0 aliphatic carbocycles. The normalized spacial score (nSPS) is 19.3. The number of hydrogen-bond donors (Lipinski definition) is 0. The number of rotatable bonds is 3. The van der Waals surface area contributed by atoms with Crippen molar-refractivity contribution < 1.29 is 0 Å². The lowest BCUT2D eigenvalue weighted by molar-refractivity contribution is 0.284. The zero-order valence-corrected chi connectivity index (χ0v) is 13.8. The molecule has 0 saturated carbocycles. The molecule has 1 aliphatic heterocycles. The van der Waals surface area contributed by atoms with E-state index >= 15 is 0 Å². The van der Waals surface area contributed by atoms with Crippen molar-refractivity contribution in [3.8, 4) is 10.7 Å². The molecular weight excluding hydrogens is 292 g/mol. The maximum absolute atomic E-state index is 4.86. The topological polar surface area (TPSA) is 34.0 Å². The lowest BCUT2D eigenvalue weighted by Crippen LogP contribution is -2.29. The summed E-state index contributed by atoms with van der Waals surface area (Å²) in [6.07, 6.45) is 4.41. The van der Waals surface area contributed by atoms with Gasteiger partial charge in [0.05, 0.1) is 4.88 Å². The molecule has 1 unspecified atom stereocenters. The van der Waals surface area contributed by atoms with E-state index in [-0.39, 0.29) is 0 Å². The van der Waals surface area contributed by atoms with Crippen molar-refractivity contribution in [3.05, 3.63) is 35.3 Å². The van der Waals surface area contributed by atoms with Crippen molar-refractivity contribution in [1.82, 2.24) is 19.4 Å². The summed E-state index contributed by atoms with van der Waals surface area (Å²) in [7, 11) is 2.22. The molecule has 0 aromatic carbocycles. The van der Waals surface area contributed by atoms with Gasteiger partial charge in [0, 0.05) is 23.7 Å². The standard InChI is InChI=1S/C17H20N4S/c1-12-7-8-15(22-12)17-19-14-6-3-9-18-16(14)21(17)11-13-5-4-10-20(13)2/h3,6-9,13H,4-5,10-11H2,1-2H3. The van der Waals surface area contributed by atoms with Crippen molar-refractivity contribution in [2.45, 2.75) is 32.4 Å². The van der Waals surface area contributed by atoms with E-state index in [1.54, 1.807) is 11.3 Å². The highest BCUT2D eigenvalue weighted by Gasteiger charge is 2.24. The lowest BCUT2D eigenvalue weighted by Gasteiger charge is -2.21. The number of pyridine rings is 1. The first-order valence-corrected chi connectivity index (χ1v) is 8.62. The largest absolute Gasteiger partial charge is 0.306 e. The van der Waals surface area contributed by atoms with Gasteiger partial charge in [-0.3, -0.25) is 0 Å². The molecule has 3 aromatic rings. The molecule has 1 aliphatic rings. The molecule has 4 rings (SSSR count).